The van der Waals surface area contributed by atoms with Gasteiger partial charge in [-0.25, -0.2) is 9.78 Å². The van der Waals surface area contributed by atoms with Gasteiger partial charge in [0.15, 0.2) is 0 Å². The number of nitrogens with zero attached hydrogens (tertiary/aromatic N) is 1. The van der Waals surface area contributed by atoms with Crippen molar-refractivity contribution in [2.24, 2.45) is 0 Å². The van der Waals surface area contributed by atoms with E-state index in [0.29, 0.717) is 19.8 Å². The van der Waals surface area contributed by atoms with E-state index in [-0.39, 0.29) is 16.6 Å². The lowest BCUT2D eigenvalue weighted by Gasteiger charge is -2.02. The summed E-state index contributed by atoms with van der Waals surface area (Å²) in [6, 6.07) is 0. The number of thiazole rings is 1. The maximum atomic E-state index is 11.7. The van der Waals surface area contributed by atoms with Crippen LogP contribution in [0.3, 0.4) is 0 Å². The van der Waals surface area contributed by atoms with Crippen molar-refractivity contribution in [1.82, 2.24) is 10.3 Å². The van der Waals surface area contributed by atoms with Crippen LogP contribution < -0.4 is 5.32 Å². The molecule has 0 bridgehead atoms. The van der Waals surface area contributed by atoms with E-state index in [1.54, 1.807) is 19.4 Å². The normalized spacial score (nSPS) is 10.2. The molecule has 106 valence electrons. The number of unbranched alkanes of at least 4 members (excludes halogenated alkanes) is 1. The summed E-state index contributed by atoms with van der Waals surface area (Å²) in [4.78, 5) is 27.1. The molecule has 1 amide bonds. The number of carbonyl (C=O) groups is 2. The van der Waals surface area contributed by atoms with E-state index in [0.717, 1.165) is 24.2 Å². The van der Waals surface area contributed by atoms with Gasteiger partial charge in [0.2, 0.25) is 5.01 Å². The first kappa shape index (κ1) is 15.6. The van der Waals surface area contributed by atoms with Crippen molar-refractivity contribution in [2.75, 3.05) is 26.9 Å². The molecule has 7 heteroatoms. The van der Waals surface area contributed by atoms with Crippen molar-refractivity contribution >= 4 is 23.2 Å². The lowest BCUT2D eigenvalue weighted by Crippen LogP contribution is -2.25. The first-order valence-electron chi connectivity index (χ1n) is 6.08. The quantitative estimate of drug-likeness (QED) is 0.578. The smallest absolute Gasteiger partial charge is 0.367 e. The minimum atomic E-state index is -0.494. The molecule has 0 saturated carbocycles. The van der Waals surface area contributed by atoms with Crippen LogP contribution in [0.25, 0.3) is 0 Å². The second kappa shape index (κ2) is 8.60. The zero-order valence-electron chi connectivity index (χ0n) is 11.1. The Kier molecular flexibility index (Phi) is 7.06. The molecule has 1 aromatic rings. The highest BCUT2D eigenvalue weighted by atomic mass is 32.1. The standard InChI is InChI=1S/C12H18N2O4S/c1-3-18-12(16)11-14-9(8-19-11)10(15)13-6-4-5-7-17-2/h8H,3-7H2,1-2H3,(H,13,15). The summed E-state index contributed by atoms with van der Waals surface area (Å²) >= 11 is 1.11. The van der Waals surface area contributed by atoms with Gasteiger partial charge in [0.05, 0.1) is 6.61 Å². The summed E-state index contributed by atoms with van der Waals surface area (Å²) in [6.07, 6.45) is 1.73. The second-order valence-corrected chi connectivity index (χ2v) is 4.57. The predicted molar refractivity (Wildman–Crippen MR) is 71.5 cm³/mol. The van der Waals surface area contributed by atoms with Gasteiger partial charge in [0.1, 0.15) is 5.69 Å². The lowest BCUT2D eigenvalue weighted by molar-refractivity contribution is 0.0526. The van der Waals surface area contributed by atoms with E-state index in [4.69, 9.17) is 9.47 Å². The minimum absolute atomic E-state index is 0.200. The molecular formula is C12H18N2O4S. The topological polar surface area (TPSA) is 77.5 Å². The van der Waals surface area contributed by atoms with Crippen LogP contribution in [0.15, 0.2) is 5.38 Å². The Labute approximate surface area is 116 Å². The van der Waals surface area contributed by atoms with E-state index < -0.39 is 5.97 Å². The van der Waals surface area contributed by atoms with Gasteiger partial charge in [0, 0.05) is 25.6 Å². The number of ether oxygens (including phenoxy) is 2. The molecule has 1 aromatic heterocycles. The SMILES string of the molecule is CCOC(=O)c1nc(C(=O)NCCCCOC)cs1. The van der Waals surface area contributed by atoms with Gasteiger partial charge >= 0.3 is 5.97 Å². The molecule has 0 saturated heterocycles. The molecule has 1 heterocycles. The fourth-order valence-corrected chi connectivity index (χ4v) is 2.02. The van der Waals surface area contributed by atoms with Crippen molar-refractivity contribution in [2.45, 2.75) is 19.8 Å². The third-order valence-corrected chi connectivity index (χ3v) is 3.07. The number of rotatable bonds is 8. The number of esters is 1. The number of amides is 1. The predicted octanol–water partition coefficient (Wildman–Crippen LogP) is 1.48. The lowest BCUT2D eigenvalue weighted by atomic mass is 10.3. The third kappa shape index (κ3) is 5.35. The minimum Gasteiger partial charge on any atom is -0.461 e. The zero-order chi connectivity index (χ0) is 14.1. The zero-order valence-corrected chi connectivity index (χ0v) is 11.9. The first-order chi connectivity index (χ1) is 9.19. The monoisotopic (exact) mass is 286 g/mol. The van der Waals surface area contributed by atoms with Crippen molar-refractivity contribution in [1.29, 1.82) is 0 Å². The van der Waals surface area contributed by atoms with Crippen molar-refractivity contribution in [3.05, 3.63) is 16.1 Å². The Morgan fingerprint density at radius 1 is 1.42 bits per heavy atom. The highest BCUT2D eigenvalue weighted by Crippen LogP contribution is 2.11. The average molecular weight is 286 g/mol. The molecule has 0 spiro atoms. The molecule has 0 fully saturated rings. The highest BCUT2D eigenvalue weighted by Gasteiger charge is 2.15. The van der Waals surface area contributed by atoms with Gasteiger partial charge in [-0.2, -0.15) is 0 Å². The molecule has 19 heavy (non-hydrogen) atoms. The Hall–Kier alpha value is -1.47. The van der Waals surface area contributed by atoms with Crippen LogP contribution in [0, 0.1) is 0 Å². The Morgan fingerprint density at radius 2 is 2.21 bits per heavy atom. The highest BCUT2D eigenvalue weighted by molar-refractivity contribution is 7.11. The van der Waals surface area contributed by atoms with Gasteiger partial charge in [-0.1, -0.05) is 0 Å². The molecule has 1 rings (SSSR count). The molecule has 0 aliphatic carbocycles. The van der Waals surface area contributed by atoms with Crippen LogP contribution in [0.5, 0.6) is 0 Å². The molecule has 0 aliphatic heterocycles. The fraction of sp³-hybridized carbons (Fsp3) is 0.583. The van der Waals surface area contributed by atoms with Crippen LogP contribution in [-0.4, -0.2) is 43.7 Å². The fourth-order valence-electron chi connectivity index (χ4n) is 1.33. The molecule has 6 nitrogen and oxygen atoms in total. The summed E-state index contributed by atoms with van der Waals surface area (Å²) < 4.78 is 9.72. The van der Waals surface area contributed by atoms with Crippen molar-refractivity contribution in [3.63, 3.8) is 0 Å². The molecule has 0 aliphatic rings. The molecule has 0 aromatic carbocycles. The van der Waals surface area contributed by atoms with Crippen LogP contribution in [0.1, 0.15) is 40.1 Å². The molecular weight excluding hydrogens is 268 g/mol. The number of hydrogen-bond acceptors (Lipinski definition) is 6. The number of carbonyl (C=O) groups excluding carboxylic acids is 2. The van der Waals surface area contributed by atoms with E-state index >= 15 is 0 Å². The van der Waals surface area contributed by atoms with Crippen molar-refractivity contribution in [3.8, 4) is 0 Å². The maximum Gasteiger partial charge on any atom is 0.367 e. The maximum absolute atomic E-state index is 11.7. The van der Waals surface area contributed by atoms with E-state index in [1.165, 1.54) is 0 Å². The Balaban J connectivity index is 2.38. The summed E-state index contributed by atoms with van der Waals surface area (Å²) in [5.41, 5.74) is 0.250. The van der Waals surface area contributed by atoms with Crippen LogP contribution >= 0.6 is 11.3 Å². The Morgan fingerprint density at radius 3 is 2.89 bits per heavy atom. The number of nitrogens with one attached hydrogen (secondary N) is 1. The average Bonchev–Trinajstić information content (AvgIpc) is 2.88. The van der Waals surface area contributed by atoms with E-state index in [2.05, 4.69) is 10.3 Å². The van der Waals surface area contributed by atoms with Crippen LogP contribution in [0.4, 0.5) is 0 Å². The van der Waals surface area contributed by atoms with Crippen molar-refractivity contribution < 1.29 is 19.1 Å². The van der Waals surface area contributed by atoms with Gasteiger partial charge in [-0.3, -0.25) is 4.79 Å². The molecule has 0 unspecified atom stereocenters. The summed E-state index contributed by atoms with van der Waals surface area (Å²) in [6.45, 7) is 3.26. The number of hydrogen-bond donors (Lipinski definition) is 1. The second-order valence-electron chi connectivity index (χ2n) is 3.71. The summed E-state index contributed by atoms with van der Waals surface area (Å²) in [5.74, 6) is -0.768. The molecule has 1 N–H and O–H groups in total. The van der Waals surface area contributed by atoms with Gasteiger partial charge in [-0.15, -0.1) is 11.3 Å². The molecule has 0 atom stereocenters. The first-order valence-corrected chi connectivity index (χ1v) is 6.96. The summed E-state index contributed by atoms with van der Waals surface area (Å²) in [7, 11) is 1.64. The van der Waals surface area contributed by atoms with Gasteiger partial charge < -0.3 is 14.8 Å². The van der Waals surface area contributed by atoms with Crippen LogP contribution in [0.2, 0.25) is 0 Å². The van der Waals surface area contributed by atoms with Gasteiger partial charge in [0.25, 0.3) is 5.91 Å². The summed E-state index contributed by atoms with van der Waals surface area (Å²) in [5, 5.41) is 4.49. The number of aromatic nitrogens is 1. The van der Waals surface area contributed by atoms with E-state index in [9.17, 15) is 9.59 Å². The third-order valence-electron chi connectivity index (χ3n) is 2.25. The largest absolute Gasteiger partial charge is 0.461 e. The molecule has 0 radical (unpaired) electrons. The van der Waals surface area contributed by atoms with E-state index in [1.807, 2.05) is 0 Å². The Bertz CT molecular complexity index is 420. The van der Waals surface area contributed by atoms with Gasteiger partial charge in [-0.05, 0) is 19.8 Å². The number of methoxy groups -OCH3 is 1. The van der Waals surface area contributed by atoms with Crippen LogP contribution in [-0.2, 0) is 9.47 Å².